The van der Waals surface area contributed by atoms with E-state index in [1.165, 1.54) is 12.8 Å². The van der Waals surface area contributed by atoms with Crippen LogP contribution >= 0.6 is 0 Å². The Labute approximate surface area is 103 Å². The van der Waals surface area contributed by atoms with Gasteiger partial charge >= 0.3 is 0 Å². The first-order valence-corrected chi connectivity index (χ1v) is 6.24. The number of aryl methyl sites for hydroxylation is 1. The first-order valence-electron chi connectivity index (χ1n) is 6.24. The summed E-state index contributed by atoms with van der Waals surface area (Å²) in [7, 11) is 1.92. The predicted octanol–water partition coefficient (Wildman–Crippen LogP) is 2.60. The normalized spacial score (nSPS) is 19.3. The maximum atomic E-state index is 6.00. The van der Waals surface area contributed by atoms with E-state index in [2.05, 4.69) is 22.5 Å². The molecule has 0 bridgehead atoms. The first kappa shape index (κ1) is 12.1. The van der Waals surface area contributed by atoms with E-state index >= 15 is 0 Å². The number of ether oxygens (including phenoxy) is 1. The van der Waals surface area contributed by atoms with Gasteiger partial charge in [0.15, 0.2) is 0 Å². The molecular weight excluding hydrogens is 212 g/mol. The Hall–Kier alpha value is -1.35. The zero-order valence-electron chi connectivity index (χ0n) is 10.6. The van der Waals surface area contributed by atoms with Crippen LogP contribution in [0.15, 0.2) is 24.3 Å². The number of aromatic nitrogens is 1. The summed E-state index contributed by atoms with van der Waals surface area (Å²) >= 11 is 0. The summed E-state index contributed by atoms with van der Waals surface area (Å²) in [4.78, 5) is 4.52. The standard InChI is InChI=1S/C14H20N2O/c1-11-8-9-14(13(16-11)10-15-2)17-12-6-4-3-5-7-12/h4,6,8-9,12,15H,3,5,7,10H2,1-2H3. The van der Waals surface area contributed by atoms with E-state index in [4.69, 9.17) is 4.74 Å². The molecule has 1 aliphatic carbocycles. The lowest BCUT2D eigenvalue weighted by Crippen LogP contribution is -2.18. The Morgan fingerprint density at radius 1 is 1.47 bits per heavy atom. The smallest absolute Gasteiger partial charge is 0.143 e. The van der Waals surface area contributed by atoms with Gasteiger partial charge in [-0.15, -0.1) is 0 Å². The van der Waals surface area contributed by atoms with Crippen molar-refractivity contribution in [3.8, 4) is 5.75 Å². The van der Waals surface area contributed by atoms with Crippen molar-refractivity contribution in [2.45, 2.75) is 38.8 Å². The number of hydrogen-bond acceptors (Lipinski definition) is 3. The van der Waals surface area contributed by atoms with Crippen LogP contribution in [0.2, 0.25) is 0 Å². The van der Waals surface area contributed by atoms with Crippen molar-refractivity contribution in [2.24, 2.45) is 0 Å². The fourth-order valence-electron chi connectivity index (χ4n) is 2.04. The van der Waals surface area contributed by atoms with E-state index in [1.807, 2.05) is 26.1 Å². The summed E-state index contributed by atoms with van der Waals surface area (Å²) in [6, 6.07) is 4.03. The lowest BCUT2D eigenvalue weighted by atomic mass is 10.1. The maximum Gasteiger partial charge on any atom is 0.143 e. The molecule has 17 heavy (non-hydrogen) atoms. The second kappa shape index (κ2) is 5.82. The maximum absolute atomic E-state index is 6.00. The van der Waals surface area contributed by atoms with Crippen molar-refractivity contribution in [2.75, 3.05) is 7.05 Å². The highest BCUT2D eigenvalue weighted by Crippen LogP contribution is 2.22. The quantitative estimate of drug-likeness (QED) is 0.810. The van der Waals surface area contributed by atoms with Crippen LogP contribution in [0, 0.1) is 6.92 Å². The molecule has 0 saturated carbocycles. The second-order valence-electron chi connectivity index (χ2n) is 4.44. The third-order valence-corrected chi connectivity index (χ3v) is 2.90. The van der Waals surface area contributed by atoms with Gasteiger partial charge in [-0.3, -0.25) is 4.98 Å². The summed E-state index contributed by atoms with van der Waals surface area (Å²) in [5, 5.41) is 3.13. The number of nitrogens with one attached hydrogen (secondary N) is 1. The summed E-state index contributed by atoms with van der Waals surface area (Å²) in [5.41, 5.74) is 2.02. The third-order valence-electron chi connectivity index (χ3n) is 2.90. The van der Waals surface area contributed by atoms with Gasteiger partial charge in [-0.05, 0) is 51.4 Å². The highest BCUT2D eigenvalue weighted by molar-refractivity contribution is 5.30. The number of nitrogens with zero attached hydrogens (tertiary/aromatic N) is 1. The lowest BCUT2D eigenvalue weighted by molar-refractivity contribution is 0.226. The minimum atomic E-state index is 0.212. The van der Waals surface area contributed by atoms with Crippen LogP contribution in [0.25, 0.3) is 0 Å². The van der Waals surface area contributed by atoms with Crippen molar-refractivity contribution in [3.63, 3.8) is 0 Å². The van der Waals surface area contributed by atoms with Crippen molar-refractivity contribution in [1.82, 2.24) is 10.3 Å². The number of rotatable bonds is 4. The summed E-state index contributed by atoms with van der Waals surface area (Å²) in [5.74, 6) is 0.904. The molecule has 1 aromatic heterocycles. The largest absolute Gasteiger partial charge is 0.484 e. The van der Waals surface area contributed by atoms with E-state index < -0.39 is 0 Å². The first-order chi connectivity index (χ1) is 8.29. The van der Waals surface area contributed by atoms with E-state index in [0.29, 0.717) is 0 Å². The molecule has 92 valence electrons. The molecule has 2 rings (SSSR count). The van der Waals surface area contributed by atoms with E-state index in [0.717, 1.165) is 30.1 Å². The van der Waals surface area contributed by atoms with Gasteiger partial charge < -0.3 is 10.1 Å². The molecule has 1 aromatic rings. The molecule has 1 aliphatic rings. The zero-order valence-corrected chi connectivity index (χ0v) is 10.6. The molecule has 0 saturated heterocycles. The second-order valence-corrected chi connectivity index (χ2v) is 4.44. The highest BCUT2D eigenvalue weighted by Gasteiger charge is 2.13. The molecule has 0 fully saturated rings. The van der Waals surface area contributed by atoms with Crippen LogP contribution in [0.4, 0.5) is 0 Å². The van der Waals surface area contributed by atoms with Gasteiger partial charge in [0.05, 0.1) is 5.69 Å². The van der Waals surface area contributed by atoms with Crippen molar-refractivity contribution in [3.05, 3.63) is 35.7 Å². The van der Waals surface area contributed by atoms with Crippen molar-refractivity contribution < 1.29 is 4.74 Å². The summed E-state index contributed by atoms with van der Waals surface area (Å²) in [6.07, 6.45) is 8.06. The fourth-order valence-corrected chi connectivity index (χ4v) is 2.04. The average molecular weight is 232 g/mol. The average Bonchev–Trinajstić information content (AvgIpc) is 2.34. The zero-order chi connectivity index (χ0) is 12.1. The SMILES string of the molecule is CNCc1nc(C)ccc1OC1C=CCCC1. The molecule has 0 radical (unpaired) electrons. The third kappa shape index (κ3) is 3.30. The van der Waals surface area contributed by atoms with Gasteiger partial charge in [0.2, 0.25) is 0 Å². The Balaban J connectivity index is 2.13. The van der Waals surface area contributed by atoms with Gasteiger partial charge in [-0.1, -0.05) is 6.08 Å². The molecule has 0 spiro atoms. The molecule has 0 amide bonds. The Morgan fingerprint density at radius 2 is 2.35 bits per heavy atom. The predicted molar refractivity (Wildman–Crippen MR) is 69.1 cm³/mol. The molecule has 1 atom stereocenters. The topological polar surface area (TPSA) is 34.2 Å². The number of pyridine rings is 1. The Bertz CT molecular complexity index is 401. The molecule has 3 nitrogen and oxygen atoms in total. The molecule has 0 aliphatic heterocycles. The highest BCUT2D eigenvalue weighted by atomic mass is 16.5. The monoisotopic (exact) mass is 232 g/mol. The van der Waals surface area contributed by atoms with Crippen LogP contribution in [-0.2, 0) is 6.54 Å². The van der Waals surface area contributed by atoms with Gasteiger partial charge in [-0.25, -0.2) is 0 Å². The Morgan fingerprint density at radius 3 is 3.06 bits per heavy atom. The summed E-state index contributed by atoms with van der Waals surface area (Å²) < 4.78 is 6.00. The van der Waals surface area contributed by atoms with Gasteiger partial charge in [0, 0.05) is 12.2 Å². The lowest BCUT2D eigenvalue weighted by Gasteiger charge is -2.20. The molecule has 1 heterocycles. The summed E-state index contributed by atoms with van der Waals surface area (Å²) in [6.45, 7) is 2.75. The van der Waals surface area contributed by atoms with Gasteiger partial charge in [0.25, 0.3) is 0 Å². The minimum absolute atomic E-state index is 0.212. The van der Waals surface area contributed by atoms with Gasteiger partial charge in [0.1, 0.15) is 11.9 Å². The molecule has 0 aromatic carbocycles. The van der Waals surface area contributed by atoms with Crippen LogP contribution in [-0.4, -0.2) is 18.1 Å². The minimum Gasteiger partial charge on any atom is -0.484 e. The van der Waals surface area contributed by atoms with Crippen LogP contribution in [0.5, 0.6) is 5.75 Å². The van der Waals surface area contributed by atoms with Crippen LogP contribution < -0.4 is 10.1 Å². The van der Waals surface area contributed by atoms with Crippen molar-refractivity contribution >= 4 is 0 Å². The van der Waals surface area contributed by atoms with Gasteiger partial charge in [-0.2, -0.15) is 0 Å². The number of hydrogen-bond donors (Lipinski definition) is 1. The molecule has 1 N–H and O–H groups in total. The fraction of sp³-hybridized carbons (Fsp3) is 0.500. The molecular formula is C14H20N2O. The van der Waals surface area contributed by atoms with Crippen LogP contribution in [0.3, 0.4) is 0 Å². The van der Waals surface area contributed by atoms with Crippen LogP contribution in [0.1, 0.15) is 30.7 Å². The van der Waals surface area contributed by atoms with E-state index in [1.54, 1.807) is 0 Å². The molecule has 3 heteroatoms. The van der Waals surface area contributed by atoms with E-state index in [-0.39, 0.29) is 6.10 Å². The number of allylic oxidation sites excluding steroid dienone is 1. The van der Waals surface area contributed by atoms with Crippen molar-refractivity contribution in [1.29, 1.82) is 0 Å². The van der Waals surface area contributed by atoms with E-state index in [9.17, 15) is 0 Å². The molecule has 1 unspecified atom stereocenters. The Kier molecular flexibility index (Phi) is 4.15.